The summed E-state index contributed by atoms with van der Waals surface area (Å²) in [6.07, 6.45) is -2.63. The molecule has 6 heteroatoms. The summed E-state index contributed by atoms with van der Waals surface area (Å²) >= 11 is 3.16. The number of hydrogen-bond donors (Lipinski definition) is 2. The highest BCUT2D eigenvalue weighted by Crippen LogP contribution is 2.20. The van der Waals surface area contributed by atoms with Gasteiger partial charge >= 0.3 is 0 Å². The zero-order chi connectivity index (χ0) is 11.4. The van der Waals surface area contributed by atoms with Gasteiger partial charge in [0, 0.05) is 4.47 Å². The van der Waals surface area contributed by atoms with Crippen molar-refractivity contribution in [2.24, 2.45) is 5.84 Å². The summed E-state index contributed by atoms with van der Waals surface area (Å²) < 4.78 is 38.2. The van der Waals surface area contributed by atoms with Crippen molar-refractivity contribution in [2.75, 3.05) is 0 Å². The van der Waals surface area contributed by atoms with Crippen molar-refractivity contribution in [3.05, 3.63) is 34.1 Å². The van der Waals surface area contributed by atoms with Gasteiger partial charge in [0.1, 0.15) is 5.82 Å². The Balaban J connectivity index is 2.82. The van der Waals surface area contributed by atoms with Gasteiger partial charge in [-0.15, -0.1) is 0 Å². The number of alkyl halides is 2. The molecule has 3 N–H and O–H groups in total. The molecule has 0 amide bonds. The lowest BCUT2D eigenvalue weighted by atomic mass is 10.1. The zero-order valence-corrected chi connectivity index (χ0v) is 9.27. The Kier molecular flexibility index (Phi) is 4.56. The standard InChI is InChI=1S/C9H10BrF3N2/c10-7-2-1-6(11)3-5(7)4-8(15-14)9(12)13/h1-3,8-9,15H,4,14H2. The van der Waals surface area contributed by atoms with E-state index < -0.39 is 18.3 Å². The van der Waals surface area contributed by atoms with E-state index in [2.05, 4.69) is 15.9 Å². The summed E-state index contributed by atoms with van der Waals surface area (Å²) in [6, 6.07) is 2.75. The molecular weight excluding hydrogens is 273 g/mol. The maximum absolute atomic E-state index is 12.8. The van der Waals surface area contributed by atoms with Crippen LogP contribution in [0.5, 0.6) is 0 Å². The minimum absolute atomic E-state index is 0.0352. The molecule has 1 unspecified atom stereocenters. The number of rotatable bonds is 4. The van der Waals surface area contributed by atoms with Crippen LogP contribution < -0.4 is 11.3 Å². The van der Waals surface area contributed by atoms with Gasteiger partial charge in [-0.1, -0.05) is 15.9 Å². The van der Waals surface area contributed by atoms with Crippen LogP contribution in [0.2, 0.25) is 0 Å². The molecule has 0 aliphatic carbocycles. The van der Waals surface area contributed by atoms with Crippen molar-refractivity contribution < 1.29 is 13.2 Å². The molecule has 0 fully saturated rings. The number of benzene rings is 1. The van der Waals surface area contributed by atoms with Crippen LogP contribution in [-0.4, -0.2) is 12.5 Å². The summed E-state index contributed by atoms with van der Waals surface area (Å²) in [4.78, 5) is 0. The first-order chi connectivity index (χ1) is 7.04. The number of hydrogen-bond acceptors (Lipinski definition) is 2. The molecule has 1 aromatic rings. The maximum atomic E-state index is 12.8. The Hall–Kier alpha value is -0.590. The number of hydrazine groups is 1. The summed E-state index contributed by atoms with van der Waals surface area (Å²) in [5.74, 6) is 4.51. The number of nitrogens with one attached hydrogen (secondary N) is 1. The van der Waals surface area contributed by atoms with Gasteiger partial charge in [0.05, 0.1) is 6.04 Å². The van der Waals surface area contributed by atoms with Crippen LogP contribution in [0.25, 0.3) is 0 Å². The largest absolute Gasteiger partial charge is 0.271 e. The normalized spacial score (nSPS) is 13.2. The van der Waals surface area contributed by atoms with E-state index in [4.69, 9.17) is 5.84 Å². The SMILES string of the molecule is NNC(Cc1cc(F)ccc1Br)C(F)F. The van der Waals surface area contributed by atoms with Crippen molar-refractivity contribution in [3.8, 4) is 0 Å². The zero-order valence-electron chi connectivity index (χ0n) is 7.68. The molecule has 0 heterocycles. The second kappa shape index (κ2) is 5.48. The Bertz CT molecular complexity index is 333. The minimum atomic E-state index is -2.59. The predicted octanol–water partition coefficient (Wildman–Crippen LogP) is 2.23. The van der Waals surface area contributed by atoms with Gasteiger partial charge in [-0.05, 0) is 30.2 Å². The average Bonchev–Trinajstić information content (AvgIpc) is 2.18. The second-order valence-corrected chi connectivity index (χ2v) is 3.90. The summed E-state index contributed by atoms with van der Waals surface area (Å²) in [6.45, 7) is 0. The van der Waals surface area contributed by atoms with Crippen LogP contribution in [0.15, 0.2) is 22.7 Å². The van der Waals surface area contributed by atoms with Crippen LogP contribution in [0.3, 0.4) is 0 Å². The Morgan fingerprint density at radius 3 is 2.60 bits per heavy atom. The van der Waals surface area contributed by atoms with Gasteiger partial charge in [-0.25, -0.2) is 13.2 Å². The highest BCUT2D eigenvalue weighted by atomic mass is 79.9. The molecule has 0 saturated carbocycles. The third kappa shape index (κ3) is 3.48. The molecule has 2 nitrogen and oxygen atoms in total. The average molecular weight is 283 g/mol. The fraction of sp³-hybridized carbons (Fsp3) is 0.333. The lowest BCUT2D eigenvalue weighted by molar-refractivity contribution is 0.0983. The van der Waals surface area contributed by atoms with Crippen molar-refractivity contribution in [1.82, 2.24) is 5.43 Å². The molecule has 0 spiro atoms. The van der Waals surface area contributed by atoms with Crippen LogP contribution in [0.4, 0.5) is 13.2 Å². The van der Waals surface area contributed by atoms with E-state index in [1.807, 2.05) is 5.43 Å². The molecule has 1 aromatic carbocycles. The van der Waals surface area contributed by atoms with E-state index in [0.29, 0.717) is 10.0 Å². The van der Waals surface area contributed by atoms with Crippen molar-refractivity contribution in [3.63, 3.8) is 0 Å². The molecule has 0 aromatic heterocycles. The van der Waals surface area contributed by atoms with E-state index in [0.717, 1.165) is 0 Å². The van der Waals surface area contributed by atoms with E-state index in [1.165, 1.54) is 18.2 Å². The van der Waals surface area contributed by atoms with Gasteiger partial charge in [0.15, 0.2) is 0 Å². The molecule has 0 aliphatic rings. The van der Waals surface area contributed by atoms with Gasteiger partial charge in [-0.2, -0.15) is 0 Å². The molecule has 0 radical (unpaired) electrons. The van der Waals surface area contributed by atoms with E-state index in [-0.39, 0.29) is 6.42 Å². The highest BCUT2D eigenvalue weighted by molar-refractivity contribution is 9.10. The van der Waals surface area contributed by atoms with Gasteiger partial charge < -0.3 is 0 Å². The molecule has 84 valence electrons. The Morgan fingerprint density at radius 1 is 1.40 bits per heavy atom. The molecule has 0 saturated heterocycles. The molecular formula is C9H10BrF3N2. The van der Waals surface area contributed by atoms with Gasteiger partial charge in [0.2, 0.25) is 0 Å². The van der Waals surface area contributed by atoms with Crippen molar-refractivity contribution in [1.29, 1.82) is 0 Å². The topological polar surface area (TPSA) is 38.0 Å². The third-order valence-corrected chi connectivity index (χ3v) is 2.74. The Morgan fingerprint density at radius 2 is 2.07 bits per heavy atom. The summed E-state index contributed by atoms with van der Waals surface area (Å²) in [7, 11) is 0. The lowest BCUT2D eigenvalue weighted by Crippen LogP contribution is -2.42. The number of halogens is 4. The predicted molar refractivity (Wildman–Crippen MR) is 54.9 cm³/mol. The summed E-state index contributed by atoms with van der Waals surface area (Å²) in [5, 5.41) is 0. The second-order valence-electron chi connectivity index (χ2n) is 3.05. The fourth-order valence-corrected chi connectivity index (χ4v) is 1.57. The number of nitrogens with two attached hydrogens (primary N) is 1. The van der Waals surface area contributed by atoms with Crippen molar-refractivity contribution >= 4 is 15.9 Å². The monoisotopic (exact) mass is 282 g/mol. The first-order valence-electron chi connectivity index (χ1n) is 4.22. The smallest absolute Gasteiger partial charge is 0.255 e. The maximum Gasteiger partial charge on any atom is 0.255 e. The fourth-order valence-electron chi connectivity index (χ4n) is 1.16. The van der Waals surface area contributed by atoms with Gasteiger partial charge in [0.25, 0.3) is 6.43 Å². The molecule has 0 bridgehead atoms. The first kappa shape index (κ1) is 12.5. The quantitative estimate of drug-likeness (QED) is 0.657. The molecule has 0 aliphatic heterocycles. The summed E-state index contributed by atoms with van der Waals surface area (Å²) in [5.41, 5.74) is 2.46. The lowest BCUT2D eigenvalue weighted by Gasteiger charge is -2.15. The highest BCUT2D eigenvalue weighted by Gasteiger charge is 2.20. The van der Waals surface area contributed by atoms with Crippen molar-refractivity contribution in [2.45, 2.75) is 18.9 Å². The molecule has 1 rings (SSSR count). The van der Waals surface area contributed by atoms with Crippen LogP contribution in [-0.2, 0) is 6.42 Å². The first-order valence-corrected chi connectivity index (χ1v) is 5.02. The van der Waals surface area contributed by atoms with Crippen LogP contribution in [0, 0.1) is 5.82 Å². The van der Waals surface area contributed by atoms with Crippen LogP contribution >= 0.6 is 15.9 Å². The Labute approximate surface area is 93.8 Å². The molecule has 1 atom stereocenters. The van der Waals surface area contributed by atoms with E-state index >= 15 is 0 Å². The minimum Gasteiger partial charge on any atom is -0.271 e. The molecule has 15 heavy (non-hydrogen) atoms. The van der Waals surface area contributed by atoms with Gasteiger partial charge in [-0.3, -0.25) is 11.3 Å². The van der Waals surface area contributed by atoms with E-state index in [1.54, 1.807) is 0 Å². The van der Waals surface area contributed by atoms with E-state index in [9.17, 15) is 13.2 Å². The third-order valence-electron chi connectivity index (χ3n) is 1.97. The van der Waals surface area contributed by atoms with Crippen LogP contribution in [0.1, 0.15) is 5.56 Å².